The lowest BCUT2D eigenvalue weighted by Crippen LogP contribution is -2.56. The molecule has 0 aliphatic carbocycles. The predicted molar refractivity (Wildman–Crippen MR) is 191 cm³/mol. The van der Waals surface area contributed by atoms with Crippen LogP contribution in [-0.4, -0.2) is 61.2 Å². The molecule has 1 aliphatic rings. The first-order valence-electron chi connectivity index (χ1n) is 16.4. The van der Waals surface area contributed by atoms with Gasteiger partial charge in [-0.3, -0.25) is 14.5 Å². The summed E-state index contributed by atoms with van der Waals surface area (Å²) in [5.74, 6) is 0.477. The van der Waals surface area contributed by atoms with Gasteiger partial charge in [0, 0.05) is 39.8 Å². The van der Waals surface area contributed by atoms with Crippen molar-refractivity contribution in [2.75, 3.05) is 22.5 Å². The van der Waals surface area contributed by atoms with Crippen molar-refractivity contribution in [3.8, 4) is 5.88 Å². The third-order valence-corrected chi connectivity index (χ3v) is 8.16. The van der Waals surface area contributed by atoms with Crippen LogP contribution in [0.15, 0.2) is 73.4 Å². The van der Waals surface area contributed by atoms with Gasteiger partial charge in [0.2, 0.25) is 11.8 Å². The summed E-state index contributed by atoms with van der Waals surface area (Å²) in [5.41, 5.74) is 2.75. The number of carbonyl (C=O) groups excluding carboxylic acids is 3. The van der Waals surface area contributed by atoms with Gasteiger partial charge in [-0.05, 0) is 95.9 Å². The average Bonchev–Trinajstić information content (AvgIpc) is 3.46. The number of benzene rings is 2. The minimum absolute atomic E-state index is 0.161. The van der Waals surface area contributed by atoms with Crippen molar-refractivity contribution in [2.24, 2.45) is 0 Å². The Bertz CT molecular complexity index is 1870. The molecule has 49 heavy (non-hydrogen) atoms. The summed E-state index contributed by atoms with van der Waals surface area (Å²) >= 11 is 0. The maximum Gasteiger partial charge on any atom is 0.410 e. The lowest BCUT2D eigenvalue weighted by molar-refractivity contribution is -0.111. The summed E-state index contributed by atoms with van der Waals surface area (Å²) in [5, 5.41) is 13.6. The molecule has 5 rings (SSSR count). The van der Waals surface area contributed by atoms with Gasteiger partial charge in [0.25, 0.3) is 5.91 Å². The van der Waals surface area contributed by atoms with Crippen molar-refractivity contribution in [3.63, 3.8) is 0 Å². The summed E-state index contributed by atoms with van der Waals surface area (Å²) in [6.07, 6.45) is 3.78. The fraction of sp³-hybridized carbons (Fsp3) is 0.378. The van der Waals surface area contributed by atoms with Crippen LogP contribution in [0.25, 0.3) is 5.65 Å². The highest BCUT2D eigenvalue weighted by Crippen LogP contribution is 2.33. The lowest BCUT2D eigenvalue weighted by atomic mass is 9.89. The number of anilines is 4. The minimum atomic E-state index is -0.612. The van der Waals surface area contributed by atoms with E-state index in [0.29, 0.717) is 46.5 Å². The van der Waals surface area contributed by atoms with Gasteiger partial charge in [0.1, 0.15) is 17.5 Å². The van der Waals surface area contributed by atoms with Crippen LogP contribution in [0, 0.1) is 0 Å². The van der Waals surface area contributed by atoms with Crippen LogP contribution < -0.4 is 20.7 Å². The fourth-order valence-corrected chi connectivity index (χ4v) is 5.57. The number of ether oxygens (including phenoxy) is 2. The van der Waals surface area contributed by atoms with E-state index in [1.54, 1.807) is 52.0 Å². The van der Waals surface area contributed by atoms with E-state index in [1.165, 1.54) is 6.08 Å². The summed E-state index contributed by atoms with van der Waals surface area (Å²) in [4.78, 5) is 44.6. The normalized spacial score (nSPS) is 15.8. The van der Waals surface area contributed by atoms with Crippen molar-refractivity contribution in [1.29, 1.82) is 0 Å². The van der Waals surface area contributed by atoms with E-state index < -0.39 is 5.60 Å². The van der Waals surface area contributed by atoms with Crippen LogP contribution >= 0.6 is 0 Å². The number of piperidine rings is 1. The van der Waals surface area contributed by atoms with Gasteiger partial charge in [0.15, 0.2) is 5.65 Å². The number of aromatic nitrogens is 3. The number of hydrogen-bond acceptors (Lipinski definition) is 8. The van der Waals surface area contributed by atoms with Crippen molar-refractivity contribution in [3.05, 3.63) is 84.6 Å². The third-order valence-electron chi connectivity index (χ3n) is 8.16. The second-order valence-electron chi connectivity index (χ2n) is 14.1. The number of fused-ring (bicyclic) bond motifs is 1. The van der Waals surface area contributed by atoms with Gasteiger partial charge in [-0.1, -0.05) is 32.6 Å². The van der Waals surface area contributed by atoms with Gasteiger partial charge in [-0.25, -0.2) is 4.79 Å². The Hall–Kier alpha value is -5.39. The predicted octanol–water partition coefficient (Wildman–Crippen LogP) is 7.53. The zero-order valence-corrected chi connectivity index (χ0v) is 29.2. The zero-order valence-electron chi connectivity index (χ0n) is 29.2. The van der Waals surface area contributed by atoms with E-state index >= 15 is 0 Å². The highest BCUT2D eigenvalue weighted by molar-refractivity contribution is 6.06. The van der Waals surface area contributed by atoms with Gasteiger partial charge < -0.3 is 25.4 Å². The largest absolute Gasteiger partial charge is 0.472 e. The summed E-state index contributed by atoms with van der Waals surface area (Å²) in [7, 11) is 0. The lowest BCUT2D eigenvalue weighted by Gasteiger charge is -2.45. The van der Waals surface area contributed by atoms with E-state index in [4.69, 9.17) is 14.5 Å². The summed E-state index contributed by atoms with van der Waals surface area (Å²) in [6, 6.07) is 15.7. The molecule has 1 fully saturated rings. The Morgan fingerprint density at radius 1 is 1.02 bits per heavy atom. The van der Waals surface area contributed by atoms with Crippen LogP contribution in [0.2, 0.25) is 0 Å². The molecule has 3 amide bonds. The van der Waals surface area contributed by atoms with E-state index in [9.17, 15) is 14.4 Å². The first kappa shape index (κ1) is 34.9. The maximum absolute atomic E-state index is 13.2. The van der Waals surface area contributed by atoms with Gasteiger partial charge >= 0.3 is 6.09 Å². The quantitative estimate of drug-likeness (QED) is 0.156. The van der Waals surface area contributed by atoms with Crippen LogP contribution in [-0.2, 0) is 9.53 Å². The molecule has 1 unspecified atom stereocenters. The number of likely N-dealkylation sites (tertiary alicyclic amines) is 1. The highest BCUT2D eigenvalue weighted by Gasteiger charge is 2.40. The van der Waals surface area contributed by atoms with Crippen LogP contribution in [0.5, 0.6) is 5.88 Å². The molecule has 258 valence electrons. The molecule has 1 saturated heterocycles. The van der Waals surface area contributed by atoms with Crippen LogP contribution in [0.1, 0.15) is 83.1 Å². The molecule has 3 N–H and O–H groups in total. The summed E-state index contributed by atoms with van der Waals surface area (Å²) in [6.45, 7) is 17.6. The van der Waals surface area contributed by atoms with E-state index in [1.807, 2.05) is 52.8 Å². The molecular formula is C37H45N7O5. The fourth-order valence-electron chi connectivity index (χ4n) is 5.57. The third kappa shape index (κ3) is 8.56. The van der Waals surface area contributed by atoms with Crippen LogP contribution in [0.4, 0.5) is 27.7 Å². The van der Waals surface area contributed by atoms with E-state index in [-0.39, 0.29) is 35.5 Å². The smallest absolute Gasteiger partial charge is 0.410 e. The number of nitrogens with one attached hydrogen (secondary N) is 3. The Kier molecular flexibility index (Phi) is 9.98. The van der Waals surface area contributed by atoms with Crippen molar-refractivity contribution in [2.45, 2.75) is 84.5 Å². The summed E-state index contributed by atoms with van der Waals surface area (Å²) < 4.78 is 13.9. The zero-order chi connectivity index (χ0) is 35.5. The number of hydrogen-bond donors (Lipinski definition) is 3. The first-order chi connectivity index (χ1) is 23.1. The minimum Gasteiger partial charge on any atom is -0.472 e. The molecule has 0 spiro atoms. The maximum atomic E-state index is 13.2. The molecule has 0 bridgehead atoms. The second kappa shape index (κ2) is 14.0. The second-order valence-corrected chi connectivity index (χ2v) is 14.1. The Morgan fingerprint density at radius 2 is 1.71 bits per heavy atom. The van der Waals surface area contributed by atoms with E-state index in [2.05, 4.69) is 41.5 Å². The first-order valence-corrected chi connectivity index (χ1v) is 16.4. The molecule has 2 aromatic heterocycles. The SMILES string of the molecule is C=CC(=O)Nc1cccc(C(=O)Nc2cccc(Nc3cc(OC4CCC(C)(C)N(C(=O)OC(C)(C)C)C4)nc4c(C(C)C)cnn34)c2)c1. The Balaban J connectivity index is 1.38. The van der Waals surface area contributed by atoms with Gasteiger partial charge in [-0.15, -0.1) is 0 Å². The molecule has 4 aromatic rings. The molecule has 12 heteroatoms. The van der Waals surface area contributed by atoms with Crippen molar-refractivity contribution >= 4 is 46.4 Å². The molecule has 12 nitrogen and oxygen atoms in total. The molecule has 2 aromatic carbocycles. The molecular weight excluding hydrogens is 622 g/mol. The number of carbonyl (C=O) groups is 3. The van der Waals surface area contributed by atoms with Crippen LogP contribution in [0.3, 0.4) is 0 Å². The molecule has 0 radical (unpaired) electrons. The van der Waals surface area contributed by atoms with Gasteiger partial charge in [0.05, 0.1) is 12.7 Å². The number of rotatable bonds is 9. The van der Waals surface area contributed by atoms with Crippen molar-refractivity contribution < 1.29 is 23.9 Å². The highest BCUT2D eigenvalue weighted by atomic mass is 16.6. The monoisotopic (exact) mass is 667 g/mol. The number of amides is 3. The van der Waals surface area contributed by atoms with E-state index in [0.717, 1.165) is 18.4 Å². The molecule has 1 aliphatic heterocycles. The molecule has 1 atom stereocenters. The molecule has 0 saturated carbocycles. The van der Waals surface area contributed by atoms with Crippen molar-refractivity contribution in [1.82, 2.24) is 19.5 Å². The van der Waals surface area contributed by atoms with Gasteiger partial charge in [-0.2, -0.15) is 14.6 Å². The Labute approximate surface area is 286 Å². The standard InChI is InChI=1S/C37H45N7O5/c1-9-31(45)40-25-13-10-12-24(18-25)34(46)41-27-15-11-14-26(19-27)39-30-20-32(42-33-29(23(2)3)21-38-44(30)33)48-28-16-17-37(7,8)43(22-28)35(47)49-36(4,5)6/h9-15,18-21,23,28,39H,1,16-17,22H2,2-8H3,(H,40,45)(H,41,46). The Morgan fingerprint density at radius 3 is 2.41 bits per heavy atom. The topological polar surface area (TPSA) is 139 Å². The molecule has 3 heterocycles. The average molecular weight is 668 g/mol. The number of nitrogens with zero attached hydrogens (tertiary/aromatic N) is 4.